The zero-order valence-electron chi connectivity index (χ0n) is 17.1. The lowest BCUT2D eigenvalue weighted by atomic mass is 9.98. The van der Waals surface area contributed by atoms with Crippen LogP contribution >= 0.6 is 0 Å². The average Bonchev–Trinajstić information content (AvgIpc) is 2.85. The van der Waals surface area contributed by atoms with Gasteiger partial charge in [-0.25, -0.2) is 0 Å². The standard InChI is InChI=1S/C22H31NO3/c1-8-25-21-16(6)22-19(15(5)17(7)26-22)12-18(21)14(4)11-20(24)23-10-9-13(2)3/h11-13H,8-10H2,1-7H3,(H,23,24)/b14-11+. The van der Waals surface area contributed by atoms with Gasteiger partial charge >= 0.3 is 0 Å². The third-order valence-electron chi connectivity index (χ3n) is 4.73. The predicted octanol–water partition coefficient (Wildman–Crippen LogP) is 5.32. The van der Waals surface area contributed by atoms with Crippen LogP contribution in [0.1, 0.15) is 56.6 Å². The molecule has 0 aliphatic carbocycles. The first-order valence-electron chi connectivity index (χ1n) is 9.38. The van der Waals surface area contributed by atoms with Gasteiger partial charge in [0.05, 0.1) is 6.61 Å². The van der Waals surface area contributed by atoms with E-state index in [1.807, 2.05) is 27.7 Å². The molecule has 0 unspecified atom stereocenters. The smallest absolute Gasteiger partial charge is 0.244 e. The first kappa shape index (κ1) is 20.1. The van der Waals surface area contributed by atoms with Gasteiger partial charge in [-0.2, -0.15) is 0 Å². The van der Waals surface area contributed by atoms with E-state index in [0.29, 0.717) is 19.1 Å². The Hall–Kier alpha value is -2.23. The number of nitrogens with one attached hydrogen (secondary N) is 1. The van der Waals surface area contributed by atoms with E-state index >= 15 is 0 Å². The van der Waals surface area contributed by atoms with Gasteiger partial charge in [-0.15, -0.1) is 0 Å². The molecule has 4 heteroatoms. The monoisotopic (exact) mass is 357 g/mol. The minimum atomic E-state index is -0.0663. The minimum Gasteiger partial charge on any atom is -0.493 e. The molecule has 142 valence electrons. The van der Waals surface area contributed by atoms with E-state index in [-0.39, 0.29) is 5.91 Å². The van der Waals surface area contributed by atoms with Crippen molar-refractivity contribution in [1.29, 1.82) is 0 Å². The molecule has 2 rings (SSSR count). The molecule has 1 N–H and O–H groups in total. The topological polar surface area (TPSA) is 51.5 Å². The molecule has 0 saturated heterocycles. The van der Waals surface area contributed by atoms with Crippen molar-refractivity contribution in [2.75, 3.05) is 13.2 Å². The van der Waals surface area contributed by atoms with Crippen LogP contribution in [-0.2, 0) is 4.79 Å². The van der Waals surface area contributed by atoms with Gasteiger partial charge in [0.1, 0.15) is 17.1 Å². The van der Waals surface area contributed by atoms with E-state index < -0.39 is 0 Å². The molecule has 1 aromatic carbocycles. The van der Waals surface area contributed by atoms with Gasteiger partial charge < -0.3 is 14.5 Å². The molecule has 0 radical (unpaired) electrons. The molecule has 1 aromatic heterocycles. The maximum atomic E-state index is 12.3. The zero-order valence-corrected chi connectivity index (χ0v) is 17.1. The largest absolute Gasteiger partial charge is 0.493 e. The van der Waals surface area contributed by atoms with Gasteiger partial charge in [-0.05, 0) is 64.2 Å². The number of benzene rings is 1. The van der Waals surface area contributed by atoms with Gasteiger partial charge in [0, 0.05) is 29.1 Å². The van der Waals surface area contributed by atoms with Crippen LogP contribution in [0.4, 0.5) is 0 Å². The van der Waals surface area contributed by atoms with Crippen molar-refractivity contribution < 1.29 is 13.9 Å². The van der Waals surface area contributed by atoms with E-state index in [9.17, 15) is 4.79 Å². The molecule has 4 nitrogen and oxygen atoms in total. The highest BCUT2D eigenvalue weighted by Crippen LogP contribution is 2.38. The summed E-state index contributed by atoms with van der Waals surface area (Å²) in [5, 5.41) is 4.03. The first-order chi connectivity index (χ1) is 12.3. The van der Waals surface area contributed by atoms with Gasteiger partial charge in [-0.3, -0.25) is 4.79 Å². The van der Waals surface area contributed by atoms with Crippen LogP contribution in [0.3, 0.4) is 0 Å². The number of ether oxygens (including phenoxy) is 1. The van der Waals surface area contributed by atoms with Gasteiger partial charge in [-0.1, -0.05) is 13.8 Å². The Morgan fingerprint density at radius 3 is 2.58 bits per heavy atom. The summed E-state index contributed by atoms with van der Waals surface area (Å²) in [6.45, 7) is 15.5. The van der Waals surface area contributed by atoms with Crippen molar-refractivity contribution in [1.82, 2.24) is 5.32 Å². The fraction of sp³-hybridized carbons (Fsp3) is 0.500. The normalized spacial score (nSPS) is 12.1. The maximum absolute atomic E-state index is 12.3. The lowest BCUT2D eigenvalue weighted by Crippen LogP contribution is -2.23. The number of carbonyl (C=O) groups excluding carboxylic acids is 1. The van der Waals surface area contributed by atoms with Crippen molar-refractivity contribution in [2.24, 2.45) is 5.92 Å². The summed E-state index contributed by atoms with van der Waals surface area (Å²) >= 11 is 0. The van der Waals surface area contributed by atoms with Gasteiger partial charge in [0.25, 0.3) is 0 Å². The first-order valence-corrected chi connectivity index (χ1v) is 9.38. The lowest BCUT2D eigenvalue weighted by Gasteiger charge is -2.14. The number of rotatable bonds is 7. The Bertz CT molecular complexity index is 828. The second kappa shape index (κ2) is 8.43. The van der Waals surface area contributed by atoms with Crippen LogP contribution in [0.25, 0.3) is 16.5 Å². The van der Waals surface area contributed by atoms with E-state index in [1.54, 1.807) is 6.08 Å². The lowest BCUT2D eigenvalue weighted by molar-refractivity contribution is -0.116. The molecule has 1 heterocycles. The SMILES string of the molecule is CCOc1c(/C(C)=C/C(=O)NCCC(C)C)cc2c(C)c(C)oc2c1C. The number of carbonyl (C=O) groups is 1. The summed E-state index contributed by atoms with van der Waals surface area (Å²) < 4.78 is 11.8. The summed E-state index contributed by atoms with van der Waals surface area (Å²) in [7, 11) is 0. The van der Waals surface area contributed by atoms with Crippen LogP contribution in [-0.4, -0.2) is 19.1 Å². The molecule has 0 atom stereocenters. The summed E-state index contributed by atoms with van der Waals surface area (Å²) in [6, 6.07) is 2.08. The van der Waals surface area contributed by atoms with Crippen molar-refractivity contribution in [3.63, 3.8) is 0 Å². The number of aryl methyl sites for hydroxylation is 3. The number of hydrogen-bond acceptors (Lipinski definition) is 3. The fourth-order valence-corrected chi connectivity index (χ4v) is 3.04. The van der Waals surface area contributed by atoms with Crippen molar-refractivity contribution in [3.05, 3.63) is 34.6 Å². The number of furan rings is 1. The van der Waals surface area contributed by atoms with Crippen LogP contribution in [0.15, 0.2) is 16.6 Å². The van der Waals surface area contributed by atoms with E-state index in [0.717, 1.165) is 51.2 Å². The highest BCUT2D eigenvalue weighted by Gasteiger charge is 2.18. The van der Waals surface area contributed by atoms with Crippen LogP contribution < -0.4 is 10.1 Å². The molecule has 0 fully saturated rings. The Kier molecular flexibility index (Phi) is 6.52. The molecule has 0 spiro atoms. The Balaban J connectivity index is 2.42. The van der Waals surface area contributed by atoms with Crippen LogP contribution in [0.5, 0.6) is 5.75 Å². The molecule has 0 bridgehead atoms. The third-order valence-corrected chi connectivity index (χ3v) is 4.73. The molecule has 2 aromatic rings. The highest BCUT2D eigenvalue weighted by atomic mass is 16.5. The van der Waals surface area contributed by atoms with Gasteiger partial charge in [0.2, 0.25) is 5.91 Å². The molecule has 0 aliphatic heterocycles. The van der Waals surface area contributed by atoms with Crippen LogP contribution in [0, 0.1) is 26.7 Å². The van der Waals surface area contributed by atoms with E-state index in [4.69, 9.17) is 9.15 Å². The van der Waals surface area contributed by atoms with Crippen molar-refractivity contribution in [2.45, 2.75) is 54.9 Å². The quantitative estimate of drug-likeness (QED) is 0.682. The van der Waals surface area contributed by atoms with Crippen LogP contribution in [0.2, 0.25) is 0 Å². The fourth-order valence-electron chi connectivity index (χ4n) is 3.04. The predicted molar refractivity (Wildman–Crippen MR) is 108 cm³/mol. The van der Waals surface area contributed by atoms with E-state index in [1.165, 1.54) is 0 Å². The summed E-state index contributed by atoms with van der Waals surface area (Å²) in [6.07, 6.45) is 2.63. The Morgan fingerprint density at radius 1 is 1.27 bits per heavy atom. The molecule has 1 amide bonds. The second-order valence-corrected chi connectivity index (χ2v) is 7.27. The molecule has 0 saturated carbocycles. The summed E-state index contributed by atoms with van der Waals surface area (Å²) in [5.41, 5.74) is 4.80. The van der Waals surface area contributed by atoms with Crippen molar-refractivity contribution in [3.8, 4) is 5.75 Å². The summed E-state index contributed by atoms with van der Waals surface area (Å²) in [4.78, 5) is 12.3. The maximum Gasteiger partial charge on any atom is 0.244 e. The van der Waals surface area contributed by atoms with E-state index in [2.05, 4.69) is 32.2 Å². The molecule has 26 heavy (non-hydrogen) atoms. The molecule has 0 aliphatic rings. The second-order valence-electron chi connectivity index (χ2n) is 7.27. The minimum absolute atomic E-state index is 0.0663. The number of allylic oxidation sites excluding steroid dienone is 1. The molecular weight excluding hydrogens is 326 g/mol. The Morgan fingerprint density at radius 2 is 1.96 bits per heavy atom. The third kappa shape index (κ3) is 4.29. The van der Waals surface area contributed by atoms with Crippen molar-refractivity contribution >= 4 is 22.4 Å². The summed E-state index contributed by atoms with van der Waals surface area (Å²) in [5.74, 6) is 2.21. The number of amides is 1. The zero-order chi connectivity index (χ0) is 19.4. The Labute approximate surface area is 156 Å². The number of fused-ring (bicyclic) bond motifs is 1. The van der Waals surface area contributed by atoms with Gasteiger partial charge in [0.15, 0.2) is 0 Å². The average molecular weight is 357 g/mol. The molecular formula is C22H31NO3. The number of hydrogen-bond donors (Lipinski definition) is 1. The highest BCUT2D eigenvalue weighted by molar-refractivity contribution is 5.98.